The first-order valence-electron chi connectivity index (χ1n) is 9.98. The van der Waals surface area contributed by atoms with Gasteiger partial charge in [0.15, 0.2) is 0 Å². The maximum atomic E-state index is 13.3. The summed E-state index contributed by atoms with van der Waals surface area (Å²) < 4.78 is 19.2. The third kappa shape index (κ3) is 4.50. The molecule has 0 saturated heterocycles. The normalized spacial score (nSPS) is 18.1. The minimum Gasteiger partial charge on any atom is -0.477 e. The first kappa shape index (κ1) is 18.9. The van der Waals surface area contributed by atoms with Gasteiger partial charge in [-0.15, -0.1) is 0 Å². The fourth-order valence-corrected chi connectivity index (χ4v) is 3.62. The number of benzene rings is 1. The zero-order chi connectivity index (χ0) is 19.5. The molecule has 1 amide bonds. The summed E-state index contributed by atoms with van der Waals surface area (Å²) in [7, 11) is 0. The van der Waals surface area contributed by atoms with Gasteiger partial charge in [-0.3, -0.25) is 4.79 Å². The lowest BCUT2D eigenvalue weighted by atomic mass is 10.0. The zero-order valence-electron chi connectivity index (χ0n) is 15.7. The number of pyridine rings is 1. The molecule has 2 saturated carbocycles. The molecule has 2 aliphatic rings. The van der Waals surface area contributed by atoms with Gasteiger partial charge >= 0.3 is 0 Å². The lowest BCUT2D eigenvalue weighted by molar-refractivity contribution is 0.0588. The minimum absolute atomic E-state index is 0.106. The number of nitrogens with zero attached hydrogens (tertiary/aromatic N) is 1. The smallest absolute Gasteiger partial charge is 0.254 e. The van der Waals surface area contributed by atoms with Crippen LogP contribution in [0.3, 0.4) is 0 Å². The van der Waals surface area contributed by atoms with E-state index in [0.717, 1.165) is 44.1 Å². The molecule has 1 aromatic heterocycles. The van der Waals surface area contributed by atoms with E-state index in [0.29, 0.717) is 29.5 Å². The molecule has 2 aliphatic carbocycles. The third-order valence-electron chi connectivity index (χ3n) is 5.55. The van der Waals surface area contributed by atoms with E-state index >= 15 is 0 Å². The quantitative estimate of drug-likeness (QED) is 0.710. The standard InChI is InChI=1S/C22H25FN2O3/c23-18-9-7-15(8-10-18)19-11-17(12-24-22(19)28-13-14-5-6-14)21(27)25-20(26)16-3-1-2-4-16/h7-12,14,16,20,26H,1-6,13H2,(H,25,27). The van der Waals surface area contributed by atoms with Crippen LogP contribution < -0.4 is 10.1 Å². The highest BCUT2D eigenvalue weighted by Crippen LogP contribution is 2.33. The number of nitrogens with one attached hydrogen (secondary N) is 1. The van der Waals surface area contributed by atoms with E-state index in [1.807, 2.05) is 0 Å². The molecule has 1 atom stereocenters. The fourth-order valence-electron chi connectivity index (χ4n) is 3.62. The summed E-state index contributed by atoms with van der Waals surface area (Å²) in [5.41, 5.74) is 1.71. The predicted molar refractivity (Wildman–Crippen MR) is 103 cm³/mol. The Bertz CT molecular complexity index is 830. The Morgan fingerprint density at radius 1 is 1.21 bits per heavy atom. The van der Waals surface area contributed by atoms with Gasteiger partial charge in [0.1, 0.15) is 12.0 Å². The van der Waals surface area contributed by atoms with E-state index in [9.17, 15) is 14.3 Å². The van der Waals surface area contributed by atoms with Crippen molar-refractivity contribution >= 4 is 5.91 Å². The summed E-state index contributed by atoms with van der Waals surface area (Å²) in [4.78, 5) is 17.0. The second-order valence-electron chi connectivity index (χ2n) is 7.80. The van der Waals surface area contributed by atoms with Gasteiger partial charge < -0.3 is 15.2 Å². The third-order valence-corrected chi connectivity index (χ3v) is 5.55. The highest BCUT2D eigenvalue weighted by molar-refractivity contribution is 5.95. The summed E-state index contributed by atoms with van der Waals surface area (Å²) in [6, 6.07) is 7.73. The van der Waals surface area contributed by atoms with Crippen LogP contribution in [0.25, 0.3) is 11.1 Å². The second-order valence-corrected chi connectivity index (χ2v) is 7.80. The van der Waals surface area contributed by atoms with Crippen molar-refractivity contribution in [1.82, 2.24) is 10.3 Å². The van der Waals surface area contributed by atoms with E-state index in [1.165, 1.54) is 18.3 Å². The van der Waals surface area contributed by atoms with Gasteiger partial charge in [-0.2, -0.15) is 0 Å². The number of hydrogen-bond donors (Lipinski definition) is 2. The van der Waals surface area contributed by atoms with Crippen molar-refractivity contribution in [3.63, 3.8) is 0 Å². The Labute approximate surface area is 163 Å². The van der Waals surface area contributed by atoms with Crippen molar-refractivity contribution in [3.05, 3.63) is 47.9 Å². The Balaban J connectivity index is 1.56. The van der Waals surface area contributed by atoms with Crippen LogP contribution in [0.15, 0.2) is 36.5 Å². The van der Waals surface area contributed by atoms with Crippen molar-refractivity contribution in [2.45, 2.75) is 44.8 Å². The van der Waals surface area contributed by atoms with Gasteiger partial charge in [0.25, 0.3) is 5.91 Å². The molecule has 0 aliphatic heterocycles. The predicted octanol–water partition coefficient (Wildman–Crippen LogP) is 3.91. The SMILES string of the molecule is O=C(NC(O)C1CCCC1)c1cnc(OCC2CC2)c(-c2ccc(F)cc2)c1. The molecule has 2 fully saturated rings. The molecule has 6 heteroatoms. The molecule has 148 valence electrons. The zero-order valence-corrected chi connectivity index (χ0v) is 15.7. The molecule has 28 heavy (non-hydrogen) atoms. The molecule has 5 nitrogen and oxygen atoms in total. The maximum absolute atomic E-state index is 13.3. The van der Waals surface area contributed by atoms with Crippen LogP contribution in [0.5, 0.6) is 5.88 Å². The molecule has 1 aromatic carbocycles. The summed E-state index contributed by atoms with van der Waals surface area (Å²) in [6.07, 6.45) is 6.95. The maximum Gasteiger partial charge on any atom is 0.254 e. The Kier molecular flexibility index (Phi) is 5.57. The van der Waals surface area contributed by atoms with Crippen LogP contribution in [0.2, 0.25) is 0 Å². The number of halogens is 1. The number of rotatable bonds is 7. The van der Waals surface area contributed by atoms with Gasteiger partial charge in [-0.1, -0.05) is 25.0 Å². The molecule has 0 radical (unpaired) electrons. The first-order chi connectivity index (χ1) is 13.6. The summed E-state index contributed by atoms with van der Waals surface area (Å²) in [5, 5.41) is 13.0. The van der Waals surface area contributed by atoms with Crippen molar-refractivity contribution in [1.29, 1.82) is 0 Å². The van der Waals surface area contributed by atoms with Crippen LogP contribution in [0.1, 0.15) is 48.9 Å². The molecule has 2 N–H and O–H groups in total. The van der Waals surface area contributed by atoms with Crippen molar-refractivity contribution in [2.24, 2.45) is 11.8 Å². The summed E-state index contributed by atoms with van der Waals surface area (Å²) in [5.74, 6) is 0.406. The van der Waals surface area contributed by atoms with Crippen molar-refractivity contribution in [2.75, 3.05) is 6.61 Å². The van der Waals surface area contributed by atoms with Gasteiger partial charge in [0.2, 0.25) is 5.88 Å². The lowest BCUT2D eigenvalue weighted by Crippen LogP contribution is -2.39. The van der Waals surface area contributed by atoms with Gasteiger partial charge in [-0.25, -0.2) is 9.37 Å². The molecule has 2 aromatic rings. The van der Waals surface area contributed by atoms with Crippen molar-refractivity contribution in [3.8, 4) is 17.0 Å². The first-order valence-corrected chi connectivity index (χ1v) is 9.98. The van der Waals surface area contributed by atoms with Crippen LogP contribution in [0, 0.1) is 17.7 Å². The largest absolute Gasteiger partial charge is 0.477 e. The number of carbonyl (C=O) groups is 1. The highest BCUT2D eigenvalue weighted by Gasteiger charge is 2.26. The number of aliphatic hydroxyl groups is 1. The molecule has 4 rings (SSSR count). The topological polar surface area (TPSA) is 71.5 Å². The lowest BCUT2D eigenvalue weighted by Gasteiger charge is -2.19. The van der Waals surface area contributed by atoms with Crippen molar-refractivity contribution < 1.29 is 19.0 Å². The molecule has 1 heterocycles. The number of aliphatic hydroxyl groups excluding tert-OH is 1. The van der Waals surface area contributed by atoms with E-state index in [2.05, 4.69) is 10.3 Å². The van der Waals surface area contributed by atoms with Gasteiger partial charge in [0.05, 0.1) is 12.2 Å². The van der Waals surface area contributed by atoms with Crippen LogP contribution >= 0.6 is 0 Å². The number of aromatic nitrogens is 1. The number of hydrogen-bond acceptors (Lipinski definition) is 4. The van der Waals surface area contributed by atoms with Crippen LogP contribution in [-0.2, 0) is 0 Å². The Morgan fingerprint density at radius 3 is 2.61 bits per heavy atom. The molecule has 0 bridgehead atoms. The van der Waals surface area contributed by atoms with Crippen LogP contribution in [0.4, 0.5) is 4.39 Å². The monoisotopic (exact) mass is 384 g/mol. The Morgan fingerprint density at radius 2 is 1.93 bits per heavy atom. The average Bonchev–Trinajstić information content (AvgIpc) is 3.37. The minimum atomic E-state index is -0.852. The van der Waals surface area contributed by atoms with E-state index in [-0.39, 0.29) is 17.6 Å². The van der Waals surface area contributed by atoms with Gasteiger partial charge in [-0.05, 0) is 55.4 Å². The number of ether oxygens (including phenoxy) is 1. The Hall–Kier alpha value is -2.47. The number of carbonyl (C=O) groups excluding carboxylic acids is 1. The average molecular weight is 384 g/mol. The molecule has 0 spiro atoms. The second kappa shape index (κ2) is 8.27. The van der Waals surface area contributed by atoms with E-state index < -0.39 is 6.23 Å². The van der Waals surface area contributed by atoms with Gasteiger partial charge in [0, 0.05) is 17.7 Å². The molecule has 1 unspecified atom stereocenters. The molecular weight excluding hydrogens is 359 g/mol. The number of amides is 1. The highest BCUT2D eigenvalue weighted by atomic mass is 19.1. The molecular formula is C22H25FN2O3. The summed E-state index contributed by atoms with van der Waals surface area (Å²) >= 11 is 0. The van der Waals surface area contributed by atoms with Crippen LogP contribution in [-0.4, -0.2) is 28.8 Å². The van der Waals surface area contributed by atoms with E-state index in [1.54, 1.807) is 18.2 Å². The fraction of sp³-hybridized carbons (Fsp3) is 0.455. The van der Waals surface area contributed by atoms with E-state index in [4.69, 9.17) is 4.74 Å². The summed E-state index contributed by atoms with van der Waals surface area (Å²) in [6.45, 7) is 0.590.